The summed E-state index contributed by atoms with van der Waals surface area (Å²) in [5, 5.41) is 32.6. The van der Waals surface area contributed by atoms with Crippen LogP contribution in [0.3, 0.4) is 0 Å². The van der Waals surface area contributed by atoms with Gasteiger partial charge in [0.05, 0.1) is 12.7 Å². The van der Waals surface area contributed by atoms with Crippen molar-refractivity contribution in [3.63, 3.8) is 0 Å². The Kier molecular flexibility index (Phi) is 25.9. The molecule has 0 saturated carbocycles. The van der Waals surface area contributed by atoms with Crippen LogP contribution < -0.4 is 0 Å². The minimum absolute atomic E-state index is 0.139. The topological polar surface area (TPSA) is 115 Å². The Morgan fingerprint density at radius 3 is 1.15 bits per heavy atom. The molecule has 0 bridgehead atoms. The second-order valence-electron chi connectivity index (χ2n) is 7.81. The Bertz CT molecular complexity index is 299. The van der Waals surface area contributed by atoms with Gasteiger partial charge in [0.1, 0.15) is 0 Å². The summed E-state index contributed by atoms with van der Waals surface area (Å²) in [6, 6.07) is 0. The summed E-state index contributed by atoms with van der Waals surface area (Å²) in [5.41, 5.74) is 0. The average molecular weight is 393 g/mol. The molecule has 0 rings (SSSR count). The molecule has 0 aromatic carbocycles. The molecule has 0 heterocycles. The van der Waals surface area contributed by atoms with E-state index in [4.69, 9.17) is 20.4 Å². The number of aliphatic hydroxyl groups is 2. The third kappa shape index (κ3) is 45.7. The van der Waals surface area contributed by atoms with E-state index in [-0.39, 0.29) is 6.61 Å². The lowest BCUT2D eigenvalue weighted by atomic mass is 10.0. The van der Waals surface area contributed by atoms with Crippen molar-refractivity contribution >= 4 is 11.9 Å². The van der Waals surface area contributed by atoms with Gasteiger partial charge in [0, 0.05) is 12.8 Å². The van der Waals surface area contributed by atoms with Gasteiger partial charge in [-0.1, -0.05) is 66.2 Å². The number of aliphatic carboxylic acids is 2. The number of carboxylic acid groups (broad SMARTS) is 2. The molecule has 1 unspecified atom stereocenters. The molecule has 27 heavy (non-hydrogen) atoms. The van der Waals surface area contributed by atoms with E-state index >= 15 is 0 Å². The lowest BCUT2D eigenvalue weighted by Gasteiger charge is -2.02. The van der Waals surface area contributed by atoms with Gasteiger partial charge in [0.25, 0.3) is 0 Å². The van der Waals surface area contributed by atoms with E-state index in [2.05, 4.69) is 27.7 Å². The fraction of sp³-hybridized carbons (Fsp3) is 0.905. The van der Waals surface area contributed by atoms with E-state index in [1.54, 1.807) is 0 Å². The van der Waals surface area contributed by atoms with Gasteiger partial charge in [0.2, 0.25) is 0 Å². The quantitative estimate of drug-likeness (QED) is 0.337. The van der Waals surface area contributed by atoms with Crippen LogP contribution in [0.15, 0.2) is 0 Å². The van der Waals surface area contributed by atoms with Crippen LogP contribution in [0, 0.1) is 11.8 Å². The maximum atomic E-state index is 10.1. The van der Waals surface area contributed by atoms with Gasteiger partial charge in [-0.15, -0.1) is 0 Å². The molecule has 0 aliphatic heterocycles. The van der Waals surface area contributed by atoms with Crippen LogP contribution in [0.5, 0.6) is 0 Å². The molecule has 6 nitrogen and oxygen atoms in total. The average Bonchev–Trinajstić information content (AvgIpc) is 2.54. The van der Waals surface area contributed by atoms with Gasteiger partial charge in [-0.3, -0.25) is 9.59 Å². The first-order valence-electron chi connectivity index (χ1n) is 10.2. The third-order valence-corrected chi connectivity index (χ3v) is 3.61. The van der Waals surface area contributed by atoms with Crippen LogP contribution in [-0.2, 0) is 9.59 Å². The van der Waals surface area contributed by atoms with Crippen molar-refractivity contribution in [2.24, 2.45) is 11.8 Å². The number of hydrogen-bond donors (Lipinski definition) is 4. The lowest BCUT2D eigenvalue weighted by Crippen LogP contribution is -2.03. The Morgan fingerprint density at radius 1 is 0.667 bits per heavy atom. The number of carboxylic acids is 2. The molecule has 164 valence electrons. The smallest absolute Gasteiger partial charge is 0.303 e. The summed E-state index contributed by atoms with van der Waals surface area (Å²) in [6.45, 7) is 10.2. The van der Waals surface area contributed by atoms with Crippen molar-refractivity contribution in [1.29, 1.82) is 0 Å². The number of aliphatic hydroxyl groups excluding tert-OH is 2. The number of carbonyl (C=O) groups is 2. The summed E-state index contributed by atoms with van der Waals surface area (Å²) in [7, 11) is 0. The molecule has 1 atom stereocenters. The normalized spacial score (nSPS) is 11.3. The molecular formula is C21H44O6. The molecule has 0 saturated heterocycles. The second-order valence-corrected chi connectivity index (χ2v) is 7.81. The molecule has 0 aromatic rings. The van der Waals surface area contributed by atoms with Gasteiger partial charge in [0.15, 0.2) is 0 Å². The molecule has 0 aromatic heterocycles. The van der Waals surface area contributed by atoms with Crippen molar-refractivity contribution in [1.82, 2.24) is 0 Å². The minimum Gasteiger partial charge on any atom is -0.481 e. The maximum absolute atomic E-state index is 10.1. The summed E-state index contributed by atoms with van der Waals surface area (Å²) in [4.78, 5) is 20.2. The molecule has 0 aliphatic carbocycles. The van der Waals surface area contributed by atoms with Gasteiger partial charge in [-0.25, -0.2) is 0 Å². The standard InChI is InChI=1S/2C9H18O2.C3H8O2/c2*1-8(2)6-4-3-5-7-9(10)11;1-3(5)2-4/h2*8H,3-7H2,1-2H3,(H,10,11);3-5H,2H2,1H3. The van der Waals surface area contributed by atoms with Gasteiger partial charge in [-0.05, 0) is 31.6 Å². The zero-order valence-corrected chi connectivity index (χ0v) is 18.1. The molecular weight excluding hydrogens is 348 g/mol. The van der Waals surface area contributed by atoms with E-state index < -0.39 is 18.0 Å². The van der Waals surface area contributed by atoms with Gasteiger partial charge in [-0.2, -0.15) is 0 Å². The highest BCUT2D eigenvalue weighted by Crippen LogP contribution is 2.09. The Labute approximate surface area is 166 Å². The summed E-state index contributed by atoms with van der Waals surface area (Å²) >= 11 is 0. The zero-order chi connectivity index (χ0) is 21.7. The summed E-state index contributed by atoms with van der Waals surface area (Å²) < 4.78 is 0. The zero-order valence-electron chi connectivity index (χ0n) is 18.1. The highest BCUT2D eigenvalue weighted by Gasteiger charge is 1.98. The third-order valence-electron chi connectivity index (χ3n) is 3.61. The van der Waals surface area contributed by atoms with Crippen molar-refractivity contribution in [2.75, 3.05) is 6.61 Å². The van der Waals surface area contributed by atoms with Crippen molar-refractivity contribution in [3.05, 3.63) is 0 Å². The SMILES string of the molecule is CC(C)CCCCCC(=O)O.CC(C)CCCCCC(=O)O.CC(O)CO. The molecule has 0 aliphatic rings. The Hall–Kier alpha value is -1.14. The number of unbranched alkanes of at least 4 members (excludes halogenated alkanes) is 4. The first kappa shape index (κ1) is 30.6. The minimum atomic E-state index is -0.672. The van der Waals surface area contributed by atoms with Crippen LogP contribution >= 0.6 is 0 Å². The fourth-order valence-corrected chi connectivity index (χ4v) is 2.01. The van der Waals surface area contributed by atoms with E-state index in [0.717, 1.165) is 37.5 Å². The van der Waals surface area contributed by atoms with E-state index in [0.29, 0.717) is 12.8 Å². The second kappa shape index (κ2) is 22.9. The summed E-state index contributed by atoms with van der Waals surface area (Å²) in [6.07, 6.45) is 8.68. The summed E-state index contributed by atoms with van der Waals surface area (Å²) in [5.74, 6) is 0.156. The van der Waals surface area contributed by atoms with Crippen LogP contribution in [0.1, 0.15) is 98.8 Å². The Morgan fingerprint density at radius 2 is 0.963 bits per heavy atom. The van der Waals surface area contributed by atoms with Crippen LogP contribution in [0.4, 0.5) is 0 Å². The predicted molar refractivity (Wildman–Crippen MR) is 110 cm³/mol. The molecule has 0 fully saturated rings. The molecule has 4 N–H and O–H groups in total. The van der Waals surface area contributed by atoms with Crippen molar-refractivity contribution in [2.45, 2.75) is 105 Å². The molecule has 0 spiro atoms. The van der Waals surface area contributed by atoms with Crippen LogP contribution in [0.2, 0.25) is 0 Å². The highest BCUT2D eigenvalue weighted by atomic mass is 16.4. The van der Waals surface area contributed by atoms with E-state index in [9.17, 15) is 9.59 Å². The first-order valence-corrected chi connectivity index (χ1v) is 10.2. The van der Waals surface area contributed by atoms with Crippen LogP contribution in [-0.4, -0.2) is 45.1 Å². The lowest BCUT2D eigenvalue weighted by molar-refractivity contribution is -0.138. The highest BCUT2D eigenvalue weighted by molar-refractivity contribution is 5.66. The van der Waals surface area contributed by atoms with Crippen molar-refractivity contribution in [3.8, 4) is 0 Å². The molecule has 0 radical (unpaired) electrons. The maximum Gasteiger partial charge on any atom is 0.303 e. The first-order chi connectivity index (χ1) is 12.5. The van der Waals surface area contributed by atoms with Crippen molar-refractivity contribution < 1.29 is 30.0 Å². The van der Waals surface area contributed by atoms with E-state index in [1.165, 1.54) is 32.6 Å². The monoisotopic (exact) mass is 392 g/mol. The molecule has 0 amide bonds. The largest absolute Gasteiger partial charge is 0.481 e. The Balaban J connectivity index is -0.000000344. The van der Waals surface area contributed by atoms with Crippen LogP contribution in [0.25, 0.3) is 0 Å². The van der Waals surface area contributed by atoms with E-state index in [1.807, 2.05) is 0 Å². The number of rotatable bonds is 13. The predicted octanol–water partition coefficient (Wildman–Crippen LogP) is 4.71. The fourth-order valence-electron chi connectivity index (χ4n) is 2.01. The van der Waals surface area contributed by atoms with Gasteiger partial charge < -0.3 is 20.4 Å². The molecule has 6 heteroatoms. The number of hydrogen-bond acceptors (Lipinski definition) is 4. The van der Waals surface area contributed by atoms with Gasteiger partial charge >= 0.3 is 11.9 Å².